The van der Waals surface area contributed by atoms with Gasteiger partial charge in [-0.3, -0.25) is 4.79 Å². The summed E-state index contributed by atoms with van der Waals surface area (Å²) in [5, 5.41) is 8.10. The van der Waals surface area contributed by atoms with Gasteiger partial charge in [0, 0.05) is 12.9 Å². The van der Waals surface area contributed by atoms with E-state index in [4.69, 9.17) is 9.84 Å². The molecule has 1 unspecified atom stereocenters. The van der Waals surface area contributed by atoms with E-state index in [0.29, 0.717) is 6.61 Å². The summed E-state index contributed by atoms with van der Waals surface area (Å²) in [6.45, 7) is 2.28. The predicted octanol–water partition coefficient (Wildman–Crippen LogP) is 0.839. The Labute approximate surface area is 64.8 Å². The first-order chi connectivity index (χ1) is 4.68. The van der Waals surface area contributed by atoms with Gasteiger partial charge in [0.25, 0.3) is 0 Å². The number of ether oxygens (including phenoxy) is 1. The molecule has 0 saturated carbocycles. The zero-order valence-electron chi connectivity index (χ0n) is 6.16. The molecule has 0 saturated heterocycles. The first-order valence-electron chi connectivity index (χ1n) is 3.02. The van der Waals surface area contributed by atoms with Crippen LogP contribution in [0.15, 0.2) is 0 Å². The second-order valence-corrected chi connectivity index (χ2v) is 3.29. The third-order valence-corrected chi connectivity index (χ3v) is 2.11. The highest BCUT2D eigenvalue weighted by molar-refractivity contribution is 8.00. The standard InChI is InChI=1S/C6H12O3S/c1-5(6(7)8)10-4-3-9-2/h5H,3-4H2,1-2H3,(H,7,8). The van der Waals surface area contributed by atoms with Gasteiger partial charge in [-0.15, -0.1) is 11.8 Å². The maximum atomic E-state index is 10.2. The minimum absolute atomic E-state index is 0.324. The number of methoxy groups -OCH3 is 1. The fraction of sp³-hybridized carbons (Fsp3) is 0.833. The number of carboxylic acids is 1. The average molecular weight is 164 g/mol. The van der Waals surface area contributed by atoms with E-state index >= 15 is 0 Å². The number of hydrogen-bond donors (Lipinski definition) is 1. The summed E-state index contributed by atoms with van der Waals surface area (Å²) in [7, 11) is 1.60. The summed E-state index contributed by atoms with van der Waals surface area (Å²) in [6.07, 6.45) is 0. The first-order valence-corrected chi connectivity index (χ1v) is 4.06. The minimum atomic E-state index is -0.763. The maximum absolute atomic E-state index is 10.2. The van der Waals surface area contributed by atoms with E-state index < -0.39 is 5.97 Å². The second kappa shape index (κ2) is 5.56. The number of carbonyl (C=O) groups is 1. The van der Waals surface area contributed by atoms with Gasteiger partial charge in [-0.1, -0.05) is 0 Å². The normalized spacial score (nSPS) is 13.0. The molecule has 0 amide bonds. The largest absolute Gasteiger partial charge is 0.480 e. The van der Waals surface area contributed by atoms with Crippen molar-refractivity contribution in [3.63, 3.8) is 0 Å². The molecule has 1 N–H and O–H groups in total. The summed E-state index contributed by atoms with van der Waals surface area (Å²) in [5.41, 5.74) is 0. The molecule has 0 rings (SSSR count). The molecule has 0 fully saturated rings. The molecule has 4 heteroatoms. The van der Waals surface area contributed by atoms with Crippen LogP contribution in [0.25, 0.3) is 0 Å². The molecule has 0 aromatic rings. The van der Waals surface area contributed by atoms with Crippen molar-refractivity contribution in [2.24, 2.45) is 0 Å². The van der Waals surface area contributed by atoms with Gasteiger partial charge in [-0.25, -0.2) is 0 Å². The second-order valence-electron chi connectivity index (χ2n) is 1.84. The monoisotopic (exact) mass is 164 g/mol. The molecule has 0 aliphatic heterocycles. The molecule has 0 spiro atoms. The van der Waals surface area contributed by atoms with Crippen molar-refractivity contribution in [2.75, 3.05) is 19.5 Å². The van der Waals surface area contributed by atoms with Crippen LogP contribution in [-0.2, 0) is 9.53 Å². The third kappa shape index (κ3) is 4.64. The number of carboxylic acid groups (broad SMARTS) is 1. The van der Waals surface area contributed by atoms with Crippen LogP contribution in [-0.4, -0.2) is 35.8 Å². The predicted molar refractivity (Wildman–Crippen MR) is 41.4 cm³/mol. The Bertz CT molecular complexity index is 105. The van der Waals surface area contributed by atoms with E-state index in [2.05, 4.69) is 0 Å². The van der Waals surface area contributed by atoms with Crippen LogP contribution >= 0.6 is 11.8 Å². The van der Waals surface area contributed by atoms with Gasteiger partial charge in [0.1, 0.15) is 0 Å². The van der Waals surface area contributed by atoms with E-state index in [1.807, 2.05) is 0 Å². The molecule has 3 nitrogen and oxygen atoms in total. The van der Waals surface area contributed by atoms with Gasteiger partial charge in [-0.05, 0) is 6.92 Å². The fourth-order valence-corrected chi connectivity index (χ4v) is 1.14. The molecular weight excluding hydrogens is 152 g/mol. The van der Waals surface area contributed by atoms with Crippen LogP contribution < -0.4 is 0 Å². The lowest BCUT2D eigenvalue weighted by Crippen LogP contribution is -2.12. The van der Waals surface area contributed by atoms with Crippen LogP contribution in [0.3, 0.4) is 0 Å². The Hall–Kier alpha value is -0.220. The van der Waals surface area contributed by atoms with Crippen molar-refractivity contribution < 1.29 is 14.6 Å². The first kappa shape index (κ1) is 9.78. The zero-order valence-corrected chi connectivity index (χ0v) is 6.98. The van der Waals surface area contributed by atoms with Crippen LogP contribution in [0.1, 0.15) is 6.92 Å². The van der Waals surface area contributed by atoms with Gasteiger partial charge < -0.3 is 9.84 Å². The Balaban J connectivity index is 3.21. The van der Waals surface area contributed by atoms with Crippen LogP contribution in [0.2, 0.25) is 0 Å². The van der Waals surface area contributed by atoms with Crippen molar-refractivity contribution in [1.29, 1.82) is 0 Å². The summed E-state index contributed by atoms with van der Waals surface area (Å²) < 4.78 is 4.76. The highest BCUT2D eigenvalue weighted by Crippen LogP contribution is 2.08. The summed E-state index contributed by atoms with van der Waals surface area (Å²) in [4.78, 5) is 10.2. The van der Waals surface area contributed by atoms with Crippen molar-refractivity contribution in [2.45, 2.75) is 12.2 Å². The molecule has 1 atom stereocenters. The Morgan fingerprint density at radius 1 is 1.80 bits per heavy atom. The van der Waals surface area contributed by atoms with E-state index in [1.165, 1.54) is 11.8 Å². The number of aliphatic carboxylic acids is 1. The molecule has 0 radical (unpaired) electrons. The van der Waals surface area contributed by atoms with Gasteiger partial charge in [0.05, 0.1) is 11.9 Å². The molecule has 10 heavy (non-hydrogen) atoms. The van der Waals surface area contributed by atoms with Gasteiger partial charge >= 0.3 is 5.97 Å². The molecular formula is C6H12O3S. The lowest BCUT2D eigenvalue weighted by molar-refractivity contribution is -0.136. The smallest absolute Gasteiger partial charge is 0.316 e. The Morgan fingerprint density at radius 3 is 2.80 bits per heavy atom. The van der Waals surface area contributed by atoms with E-state index in [-0.39, 0.29) is 5.25 Å². The molecule has 0 bridgehead atoms. The van der Waals surface area contributed by atoms with Crippen molar-refractivity contribution in [3.8, 4) is 0 Å². The quantitative estimate of drug-likeness (QED) is 0.612. The molecule has 0 aromatic heterocycles. The number of hydrogen-bond acceptors (Lipinski definition) is 3. The average Bonchev–Trinajstić information content (AvgIpc) is 1.88. The lowest BCUT2D eigenvalue weighted by Gasteiger charge is -2.03. The van der Waals surface area contributed by atoms with Crippen molar-refractivity contribution in [3.05, 3.63) is 0 Å². The van der Waals surface area contributed by atoms with Gasteiger partial charge in [0.15, 0.2) is 0 Å². The Morgan fingerprint density at radius 2 is 2.40 bits per heavy atom. The fourth-order valence-electron chi connectivity index (χ4n) is 0.380. The Kier molecular flexibility index (Phi) is 5.43. The minimum Gasteiger partial charge on any atom is -0.480 e. The molecule has 0 aromatic carbocycles. The topological polar surface area (TPSA) is 46.5 Å². The van der Waals surface area contributed by atoms with Crippen molar-refractivity contribution in [1.82, 2.24) is 0 Å². The number of rotatable bonds is 5. The third-order valence-electron chi connectivity index (χ3n) is 1.00. The maximum Gasteiger partial charge on any atom is 0.316 e. The number of thioether (sulfide) groups is 1. The summed E-state index contributed by atoms with van der Waals surface area (Å²) in [6, 6.07) is 0. The van der Waals surface area contributed by atoms with E-state index in [0.717, 1.165) is 5.75 Å². The lowest BCUT2D eigenvalue weighted by atomic mass is 10.5. The van der Waals surface area contributed by atoms with Crippen LogP contribution in [0.5, 0.6) is 0 Å². The molecule has 60 valence electrons. The van der Waals surface area contributed by atoms with Crippen LogP contribution in [0, 0.1) is 0 Å². The van der Waals surface area contributed by atoms with Crippen molar-refractivity contribution >= 4 is 17.7 Å². The van der Waals surface area contributed by atoms with E-state index in [1.54, 1.807) is 14.0 Å². The van der Waals surface area contributed by atoms with Gasteiger partial charge in [-0.2, -0.15) is 0 Å². The van der Waals surface area contributed by atoms with Gasteiger partial charge in [0.2, 0.25) is 0 Å². The van der Waals surface area contributed by atoms with Crippen LogP contribution in [0.4, 0.5) is 0 Å². The highest BCUT2D eigenvalue weighted by Gasteiger charge is 2.09. The molecule has 0 aliphatic rings. The molecule has 0 heterocycles. The summed E-state index contributed by atoms with van der Waals surface area (Å²) >= 11 is 1.38. The van der Waals surface area contributed by atoms with E-state index in [9.17, 15) is 4.79 Å². The summed E-state index contributed by atoms with van der Waals surface area (Å²) in [5.74, 6) is -0.0228. The molecule has 0 aliphatic carbocycles. The zero-order chi connectivity index (χ0) is 7.98. The SMILES string of the molecule is COCCSC(C)C(=O)O. The highest BCUT2D eigenvalue weighted by atomic mass is 32.2.